The Labute approximate surface area is 155 Å². The predicted octanol–water partition coefficient (Wildman–Crippen LogP) is 4.90. The van der Waals surface area contributed by atoms with E-state index in [1.807, 2.05) is 36.4 Å². The zero-order valence-corrected chi connectivity index (χ0v) is 14.2. The minimum atomic E-state index is -0.525. The number of carbonyl (C=O) groups excluding carboxylic acids is 1. The number of aromatic nitrogens is 2. The molecule has 0 aliphatic carbocycles. The van der Waals surface area contributed by atoms with Crippen molar-refractivity contribution in [3.05, 3.63) is 103 Å². The van der Waals surface area contributed by atoms with Gasteiger partial charge in [0, 0.05) is 11.8 Å². The molecular formula is C22H15FN2O2. The maximum absolute atomic E-state index is 13.3. The molecule has 0 N–H and O–H groups in total. The molecule has 132 valence electrons. The van der Waals surface area contributed by atoms with Crippen LogP contribution in [0.15, 0.2) is 91.1 Å². The van der Waals surface area contributed by atoms with Gasteiger partial charge in [-0.15, -0.1) is 0 Å². The third-order valence-electron chi connectivity index (χ3n) is 4.03. The van der Waals surface area contributed by atoms with E-state index in [2.05, 4.69) is 5.10 Å². The first-order valence-electron chi connectivity index (χ1n) is 8.39. The molecular weight excluding hydrogens is 343 g/mol. The first-order chi connectivity index (χ1) is 13.2. The number of halogens is 1. The summed E-state index contributed by atoms with van der Waals surface area (Å²) in [5, 5.41) is 4.54. The Balaban J connectivity index is 1.77. The zero-order chi connectivity index (χ0) is 18.6. The number of hydrogen-bond donors (Lipinski definition) is 0. The number of para-hydroxylation sites is 2. The Morgan fingerprint density at radius 2 is 1.48 bits per heavy atom. The van der Waals surface area contributed by atoms with E-state index in [4.69, 9.17) is 4.74 Å². The largest absolute Gasteiger partial charge is 0.423 e. The van der Waals surface area contributed by atoms with Crippen molar-refractivity contribution in [1.29, 1.82) is 0 Å². The van der Waals surface area contributed by atoms with Crippen molar-refractivity contribution in [2.75, 3.05) is 0 Å². The van der Waals surface area contributed by atoms with Crippen molar-refractivity contribution < 1.29 is 13.9 Å². The first kappa shape index (κ1) is 16.7. The summed E-state index contributed by atoms with van der Waals surface area (Å²) in [6, 6.07) is 24.1. The molecule has 1 heterocycles. The Kier molecular flexibility index (Phi) is 4.49. The van der Waals surface area contributed by atoms with Gasteiger partial charge in [-0.1, -0.05) is 36.4 Å². The highest BCUT2D eigenvalue weighted by molar-refractivity contribution is 5.97. The molecule has 1 aromatic heterocycles. The van der Waals surface area contributed by atoms with E-state index < -0.39 is 5.97 Å². The van der Waals surface area contributed by atoms with E-state index in [0.717, 1.165) is 5.69 Å². The molecule has 0 aliphatic rings. The van der Waals surface area contributed by atoms with Gasteiger partial charge in [0.15, 0.2) is 0 Å². The van der Waals surface area contributed by atoms with Crippen LogP contribution < -0.4 is 4.74 Å². The van der Waals surface area contributed by atoms with Crippen LogP contribution >= 0.6 is 0 Å². The van der Waals surface area contributed by atoms with Gasteiger partial charge >= 0.3 is 5.97 Å². The number of nitrogens with zero attached hydrogens (tertiary/aromatic N) is 2. The quantitative estimate of drug-likeness (QED) is 0.385. The van der Waals surface area contributed by atoms with Crippen molar-refractivity contribution in [1.82, 2.24) is 9.78 Å². The molecule has 0 atom stereocenters. The summed E-state index contributed by atoms with van der Waals surface area (Å²) in [5.41, 5.74) is 2.17. The topological polar surface area (TPSA) is 44.1 Å². The average Bonchev–Trinajstić information content (AvgIpc) is 3.16. The number of carbonyl (C=O) groups is 1. The monoisotopic (exact) mass is 358 g/mol. The van der Waals surface area contributed by atoms with E-state index in [1.54, 1.807) is 47.3 Å². The van der Waals surface area contributed by atoms with Gasteiger partial charge in [-0.05, 0) is 48.5 Å². The highest BCUT2D eigenvalue weighted by Gasteiger charge is 2.20. The van der Waals surface area contributed by atoms with Crippen LogP contribution in [-0.2, 0) is 0 Å². The van der Waals surface area contributed by atoms with Crippen LogP contribution in [0.5, 0.6) is 5.75 Å². The van der Waals surface area contributed by atoms with Crippen molar-refractivity contribution in [3.63, 3.8) is 0 Å². The second-order valence-corrected chi connectivity index (χ2v) is 5.88. The van der Waals surface area contributed by atoms with Crippen LogP contribution in [0.3, 0.4) is 0 Å². The minimum Gasteiger partial charge on any atom is -0.423 e. The molecule has 4 rings (SSSR count). The Hall–Kier alpha value is -3.73. The molecule has 0 fully saturated rings. The van der Waals surface area contributed by atoms with Crippen molar-refractivity contribution in [2.45, 2.75) is 0 Å². The highest BCUT2D eigenvalue weighted by atomic mass is 19.1. The van der Waals surface area contributed by atoms with Crippen LogP contribution in [0.1, 0.15) is 10.4 Å². The zero-order valence-electron chi connectivity index (χ0n) is 14.2. The second-order valence-electron chi connectivity index (χ2n) is 5.88. The number of rotatable bonds is 4. The highest BCUT2D eigenvalue weighted by Crippen LogP contribution is 2.25. The summed E-state index contributed by atoms with van der Waals surface area (Å²) < 4.78 is 20.4. The predicted molar refractivity (Wildman–Crippen MR) is 100 cm³/mol. The van der Waals surface area contributed by atoms with E-state index in [1.165, 1.54) is 12.1 Å². The van der Waals surface area contributed by atoms with Gasteiger partial charge in [-0.2, -0.15) is 5.10 Å². The van der Waals surface area contributed by atoms with Gasteiger partial charge in [0.25, 0.3) is 0 Å². The van der Waals surface area contributed by atoms with E-state index in [0.29, 0.717) is 22.6 Å². The Morgan fingerprint density at radius 1 is 0.852 bits per heavy atom. The summed E-state index contributed by atoms with van der Waals surface area (Å²) in [6.07, 6.45) is 1.62. The van der Waals surface area contributed by atoms with Crippen LogP contribution in [0.25, 0.3) is 16.9 Å². The molecule has 0 saturated carbocycles. The lowest BCUT2D eigenvalue weighted by atomic mass is 10.1. The van der Waals surface area contributed by atoms with Crippen molar-refractivity contribution in [2.24, 2.45) is 0 Å². The van der Waals surface area contributed by atoms with E-state index in [-0.39, 0.29) is 5.82 Å². The van der Waals surface area contributed by atoms with Crippen LogP contribution in [0, 0.1) is 5.82 Å². The van der Waals surface area contributed by atoms with Gasteiger partial charge in [0.05, 0.1) is 5.69 Å². The third kappa shape index (κ3) is 3.62. The fraction of sp³-hybridized carbons (Fsp3) is 0. The average molecular weight is 358 g/mol. The second kappa shape index (κ2) is 7.25. The molecule has 4 aromatic rings. The number of hydrogen-bond acceptors (Lipinski definition) is 3. The molecule has 3 aromatic carbocycles. The molecule has 0 aliphatic heterocycles. The lowest BCUT2D eigenvalue weighted by molar-refractivity contribution is 0.0735. The number of benzene rings is 3. The van der Waals surface area contributed by atoms with Crippen molar-refractivity contribution >= 4 is 5.97 Å². The van der Waals surface area contributed by atoms with Gasteiger partial charge in [-0.3, -0.25) is 0 Å². The molecule has 5 heteroatoms. The third-order valence-corrected chi connectivity index (χ3v) is 4.03. The molecule has 0 amide bonds. The van der Waals surface area contributed by atoms with E-state index >= 15 is 0 Å². The van der Waals surface area contributed by atoms with Gasteiger partial charge in [0.2, 0.25) is 0 Å². The fourth-order valence-corrected chi connectivity index (χ4v) is 2.71. The maximum atomic E-state index is 13.3. The standard InChI is InChI=1S/C22H15FN2O2/c23-17-13-11-16(12-14-17)21-20(22(26)27-19-9-5-2-6-10-19)15-25(24-21)18-7-3-1-4-8-18/h1-15H. The lowest BCUT2D eigenvalue weighted by Crippen LogP contribution is -2.08. The fourth-order valence-electron chi connectivity index (χ4n) is 2.71. The van der Waals surface area contributed by atoms with E-state index in [9.17, 15) is 9.18 Å². The normalized spacial score (nSPS) is 10.6. The Bertz CT molecular complexity index is 1060. The molecule has 0 bridgehead atoms. The summed E-state index contributed by atoms with van der Waals surface area (Å²) in [4.78, 5) is 12.8. The van der Waals surface area contributed by atoms with Crippen molar-refractivity contribution in [3.8, 4) is 22.7 Å². The first-order valence-corrected chi connectivity index (χ1v) is 8.39. The number of ether oxygens (including phenoxy) is 1. The lowest BCUT2D eigenvalue weighted by Gasteiger charge is -2.04. The summed E-state index contributed by atoms with van der Waals surface area (Å²) in [7, 11) is 0. The summed E-state index contributed by atoms with van der Waals surface area (Å²) in [5.74, 6) is -0.433. The molecule has 0 radical (unpaired) electrons. The minimum absolute atomic E-state index is 0.300. The smallest absolute Gasteiger partial charge is 0.347 e. The van der Waals surface area contributed by atoms with Gasteiger partial charge in [0.1, 0.15) is 22.8 Å². The maximum Gasteiger partial charge on any atom is 0.347 e. The van der Waals surface area contributed by atoms with Crippen LogP contribution in [-0.4, -0.2) is 15.7 Å². The molecule has 4 nitrogen and oxygen atoms in total. The SMILES string of the molecule is O=C(Oc1ccccc1)c1cn(-c2ccccc2)nc1-c1ccc(F)cc1. The molecule has 0 spiro atoms. The van der Waals surface area contributed by atoms with Gasteiger partial charge < -0.3 is 4.74 Å². The summed E-state index contributed by atoms with van der Waals surface area (Å²) in [6.45, 7) is 0. The molecule has 27 heavy (non-hydrogen) atoms. The summed E-state index contributed by atoms with van der Waals surface area (Å²) >= 11 is 0. The molecule has 0 unspecified atom stereocenters. The van der Waals surface area contributed by atoms with Gasteiger partial charge in [-0.25, -0.2) is 13.9 Å². The molecule has 0 saturated heterocycles. The van der Waals surface area contributed by atoms with Crippen LogP contribution in [0.2, 0.25) is 0 Å². The number of esters is 1. The Morgan fingerprint density at radius 3 is 2.15 bits per heavy atom. The van der Waals surface area contributed by atoms with Crippen LogP contribution in [0.4, 0.5) is 4.39 Å².